The Morgan fingerprint density at radius 3 is 2.84 bits per heavy atom. The van der Waals surface area contributed by atoms with Crippen LogP contribution in [0.4, 0.5) is 0 Å². The lowest BCUT2D eigenvalue weighted by Gasteiger charge is -2.00. The molecule has 2 rings (SSSR count). The predicted molar refractivity (Wildman–Crippen MR) is 84.4 cm³/mol. The number of thiazole rings is 1. The minimum Gasteiger partial charge on any atom is -0.312 e. The van der Waals surface area contributed by atoms with Gasteiger partial charge in [-0.05, 0) is 35.0 Å². The number of rotatable bonds is 6. The first kappa shape index (κ1) is 14.6. The molecule has 0 radical (unpaired) electrons. The molecular weight excluding hydrogens is 322 g/mol. The van der Waals surface area contributed by atoms with Gasteiger partial charge in [0.1, 0.15) is 5.01 Å². The third kappa shape index (κ3) is 3.84. The third-order valence-electron chi connectivity index (χ3n) is 2.75. The smallest absolute Gasteiger partial charge is 0.125 e. The summed E-state index contributed by atoms with van der Waals surface area (Å²) in [4.78, 5) is 10.3. The number of aryl methyl sites for hydroxylation is 1. The van der Waals surface area contributed by atoms with E-state index in [-0.39, 0.29) is 0 Å². The van der Waals surface area contributed by atoms with E-state index in [0.29, 0.717) is 0 Å². The van der Waals surface area contributed by atoms with Crippen molar-refractivity contribution in [2.24, 2.45) is 0 Å². The lowest BCUT2D eigenvalue weighted by Crippen LogP contribution is -2.11. The summed E-state index contributed by atoms with van der Waals surface area (Å²) in [6.45, 7) is 6.21. The number of aromatic nitrogens is 2. The van der Waals surface area contributed by atoms with E-state index in [0.717, 1.165) is 41.0 Å². The molecule has 2 aromatic heterocycles. The molecule has 5 heteroatoms. The van der Waals surface area contributed by atoms with Gasteiger partial charge in [0.2, 0.25) is 0 Å². The van der Waals surface area contributed by atoms with E-state index in [2.05, 4.69) is 46.1 Å². The molecular formula is C14H18BrN3S. The quantitative estimate of drug-likeness (QED) is 0.863. The summed E-state index contributed by atoms with van der Waals surface area (Å²) >= 11 is 5.23. The minimum absolute atomic E-state index is 0.908. The number of pyridine rings is 1. The molecule has 102 valence electrons. The van der Waals surface area contributed by atoms with Crippen LogP contribution in [0.3, 0.4) is 0 Å². The molecule has 0 bridgehead atoms. The average molecular weight is 340 g/mol. The summed E-state index contributed by atoms with van der Waals surface area (Å²) in [6.07, 6.45) is 5.83. The highest BCUT2D eigenvalue weighted by Gasteiger charge is 2.12. The zero-order valence-corrected chi connectivity index (χ0v) is 13.6. The Morgan fingerprint density at radius 1 is 1.32 bits per heavy atom. The van der Waals surface area contributed by atoms with Gasteiger partial charge in [0.15, 0.2) is 0 Å². The van der Waals surface area contributed by atoms with Crippen molar-refractivity contribution >= 4 is 27.3 Å². The van der Waals surface area contributed by atoms with Crippen LogP contribution in [-0.2, 0) is 13.0 Å². The van der Waals surface area contributed by atoms with Gasteiger partial charge in [-0.1, -0.05) is 20.3 Å². The van der Waals surface area contributed by atoms with Gasteiger partial charge in [-0.25, -0.2) is 4.98 Å². The van der Waals surface area contributed by atoms with Crippen molar-refractivity contribution in [3.63, 3.8) is 0 Å². The van der Waals surface area contributed by atoms with E-state index in [1.165, 1.54) is 10.6 Å². The number of halogens is 1. The highest BCUT2D eigenvalue weighted by molar-refractivity contribution is 9.10. The van der Waals surface area contributed by atoms with Gasteiger partial charge in [0, 0.05) is 33.9 Å². The molecule has 0 atom stereocenters. The standard InChI is InChI=1S/C14H18BrN3S/c1-3-5-12-13(9-16-4-2)19-14(18-12)10-6-11(15)8-17-7-10/h6-8,16H,3-5,9H2,1-2H3. The number of hydrogen-bond donors (Lipinski definition) is 1. The number of hydrogen-bond acceptors (Lipinski definition) is 4. The molecule has 0 saturated carbocycles. The van der Waals surface area contributed by atoms with E-state index in [4.69, 9.17) is 4.98 Å². The molecule has 3 nitrogen and oxygen atoms in total. The van der Waals surface area contributed by atoms with Gasteiger partial charge in [-0.2, -0.15) is 0 Å². The van der Waals surface area contributed by atoms with Crippen LogP contribution in [0.1, 0.15) is 30.8 Å². The molecule has 19 heavy (non-hydrogen) atoms. The van der Waals surface area contributed by atoms with Crippen molar-refractivity contribution in [2.75, 3.05) is 6.54 Å². The summed E-state index contributed by atoms with van der Waals surface area (Å²) in [6, 6.07) is 2.07. The van der Waals surface area contributed by atoms with Gasteiger partial charge < -0.3 is 5.32 Å². The second-order valence-corrected chi connectivity index (χ2v) is 6.31. The van der Waals surface area contributed by atoms with Crippen molar-refractivity contribution in [1.29, 1.82) is 0 Å². The van der Waals surface area contributed by atoms with Gasteiger partial charge in [-0.3, -0.25) is 4.98 Å². The van der Waals surface area contributed by atoms with E-state index < -0.39 is 0 Å². The number of nitrogens with one attached hydrogen (secondary N) is 1. The van der Waals surface area contributed by atoms with Crippen LogP contribution in [0.2, 0.25) is 0 Å². The van der Waals surface area contributed by atoms with Crippen LogP contribution in [0, 0.1) is 0 Å². The van der Waals surface area contributed by atoms with Gasteiger partial charge >= 0.3 is 0 Å². The maximum atomic E-state index is 4.78. The summed E-state index contributed by atoms with van der Waals surface area (Å²) in [5.74, 6) is 0. The molecule has 1 N–H and O–H groups in total. The summed E-state index contributed by atoms with van der Waals surface area (Å²) in [5, 5.41) is 4.45. The first-order chi connectivity index (χ1) is 9.24. The molecule has 0 saturated heterocycles. The normalized spacial score (nSPS) is 10.9. The zero-order valence-electron chi connectivity index (χ0n) is 11.2. The predicted octanol–water partition coefficient (Wildman–Crippen LogP) is 4.03. The van der Waals surface area contributed by atoms with Crippen molar-refractivity contribution in [3.8, 4) is 10.6 Å². The van der Waals surface area contributed by atoms with Crippen LogP contribution in [0.25, 0.3) is 10.6 Å². The SMILES string of the molecule is CCCc1nc(-c2cncc(Br)c2)sc1CNCC. The molecule has 0 aromatic carbocycles. The molecule has 0 aliphatic heterocycles. The first-order valence-electron chi connectivity index (χ1n) is 6.54. The van der Waals surface area contributed by atoms with Gasteiger partial charge in [0.25, 0.3) is 0 Å². The Kier molecular flexibility index (Phi) is 5.48. The Labute approximate surface area is 126 Å². The monoisotopic (exact) mass is 339 g/mol. The second kappa shape index (κ2) is 7.12. The molecule has 2 aromatic rings. The summed E-state index contributed by atoms with van der Waals surface area (Å²) < 4.78 is 0.991. The third-order valence-corrected chi connectivity index (χ3v) is 4.33. The van der Waals surface area contributed by atoms with E-state index in [1.54, 1.807) is 17.5 Å². The Bertz CT molecular complexity index is 539. The van der Waals surface area contributed by atoms with E-state index >= 15 is 0 Å². The van der Waals surface area contributed by atoms with Crippen LogP contribution < -0.4 is 5.32 Å². The van der Waals surface area contributed by atoms with E-state index in [9.17, 15) is 0 Å². The molecule has 0 fully saturated rings. The lowest BCUT2D eigenvalue weighted by atomic mass is 10.2. The molecule has 0 spiro atoms. The van der Waals surface area contributed by atoms with Gasteiger partial charge in [0.05, 0.1) is 5.69 Å². The number of nitrogens with zero attached hydrogens (tertiary/aromatic N) is 2. The minimum atomic E-state index is 0.908. The van der Waals surface area contributed by atoms with Crippen molar-refractivity contribution in [3.05, 3.63) is 33.5 Å². The fourth-order valence-corrected chi connectivity index (χ4v) is 3.27. The Morgan fingerprint density at radius 2 is 2.16 bits per heavy atom. The van der Waals surface area contributed by atoms with Crippen LogP contribution in [-0.4, -0.2) is 16.5 Å². The molecule has 0 unspecified atom stereocenters. The zero-order chi connectivity index (χ0) is 13.7. The van der Waals surface area contributed by atoms with Crippen LogP contribution >= 0.6 is 27.3 Å². The topological polar surface area (TPSA) is 37.8 Å². The molecule has 0 amide bonds. The highest BCUT2D eigenvalue weighted by atomic mass is 79.9. The maximum absolute atomic E-state index is 4.78. The van der Waals surface area contributed by atoms with Crippen LogP contribution in [0.5, 0.6) is 0 Å². The first-order valence-corrected chi connectivity index (χ1v) is 8.15. The molecule has 0 aliphatic carbocycles. The Hall–Kier alpha value is -0.780. The summed E-state index contributed by atoms with van der Waals surface area (Å²) in [7, 11) is 0. The fraction of sp³-hybridized carbons (Fsp3) is 0.429. The van der Waals surface area contributed by atoms with E-state index in [1.807, 2.05) is 6.20 Å². The van der Waals surface area contributed by atoms with Crippen molar-refractivity contribution in [2.45, 2.75) is 33.2 Å². The summed E-state index contributed by atoms with van der Waals surface area (Å²) in [5.41, 5.74) is 2.31. The highest BCUT2D eigenvalue weighted by Crippen LogP contribution is 2.29. The maximum Gasteiger partial charge on any atom is 0.125 e. The lowest BCUT2D eigenvalue weighted by molar-refractivity contribution is 0.723. The van der Waals surface area contributed by atoms with Crippen LogP contribution in [0.15, 0.2) is 22.9 Å². The largest absolute Gasteiger partial charge is 0.312 e. The van der Waals surface area contributed by atoms with Crippen molar-refractivity contribution in [1.82, 2.24) is 15.3 Å². The molecule has 0 aliphatic rings. The molecule has 2 heterocycles. The van der Waals surface area contributed by atoms with Gasteiger partial charge in [-0.15, -0.1) is 11.3 Å². The Balaban J connectivity index is 2.30. The van der Waals surface area contributed by atoms with Crippen molar-refractivity contribution < 1.29 is 0 Å². The average Bonchev–Trinajstić information content (AvgIpc) is 2.80. The fourth-order valence-electron chi connectivity index (χ4n) is 1.84. The second-order valence-electron chi connectivity index (χ2n) is 4.31.